The second-order valence-electron chi connectivity index (χ2n) is 3.99. The standard InChI is InChI=1S/C13H19BrN2O2.ClH/c1-10-3-4-12(11(14)9-10)18-8-5-13(17)16-7-6-15-2;/h3-4,9,15H,5-8H2,1-2H3,(H,16,17);1H. The Morgan fingerprint density at radius 1 is 1.37 bits per heavy atom. The first-order valence-corrected chi connectivity index (χ1v) is 6.73. The van der Waals surface area contributed by atoms with Crippen molar-refractivity contribution in [3.05, 3.63) is 28.2 Å². The van der Waals surface area contributed by atoms with Gasteiger partial charge in [-0.3, -0.25) is 4.79 Å². The average molecular weight is 352 g/mol. The van der Waals surface area contributed by atoms with Crippen molar-refractivity contribution in [1.29, 1.82) is 0 Å². The van der Waals surface area contributed by atoms with Gasteiger partial charge in [0.15, 0.2) is 0 Å². The van der Waals surface area contributed by atoms with Gasteiger partial charge in [0.25, 0.3) is 0 Å². The minimum Gasteiger partial charge on any atom is -0.492 e. The van der Waals surface area contributed by atoms with Gasteiger partial charge in [0.05, 0.1) is 17.5 Å². The molecule has 1 aromatic rings. The molecule has 0 radical (unpaired) electrons. The van der Waals surface area contributed by atoms with E-state index in [4.69, 9.17) is 4.74 Å². The number of nitrogens with one attached hydrogen (secondary N) is 2. The lowest BCUT2D eigenvalue weighted by molar-refractivity contribution is -0.121. The first-order chi connectivity index (χ1) is 8.63. The lowest BCUT2D eigenvalue weighted by atomic mass is 10.2. The van der Waals surface area contributed by atoms with Crippen LogP contribution in [0.2, 0.25) is 0 Å². The number of rotatable bonds is 7. The minimum absolute atomic E-state index is 0. The number of amides is 1. The highest BCUT2D eigenvalue weighted by Gasteiger charge is 2.04. The molecule has 108 valence electrons. The molecule has 0 heterocycles. The van der Waals surface area contributed by atoms with Crippen LogP contribution in [-0.4, -0.2) is 32.7 Å². The molecule has 0 bridgehead atoms. The van der Waals surface area contributed by atoms with Gasteiger partial charge in [-0.15, -0.1) is 12.4 Å². The molecule has 1 rings (SSSR count). The molecule has 0 spiro atoms. The summed E-state index contributed by atoms with van der Waals surface area (Å²) in [7, 11) is 1.85. The number of carbonyl (C=O) groups excluding carboxylic acids is 1. The quantitative estimate of drug-likeness (QED) is 0.741. The van der Waals surface area contributed by atoms with Crippen LogP contribution in [0.15, 0.2) is 22.7 Å². The maximum atomic E-state index is 11.4. The van der Waals surface area contributed by atoms with Gasteiger partial charge >= 0.3 is 0 Å². The number of likely N-dealkylation sites (N-methyl/N-ethyl adjacent to an activating group) is 1. The summed E-state index contributed by atoms with van der Waals surface area (Å²) in [4.78, 5) is 11.4. The average Bonchev–Trinajstić information content (AvgIpc) is 2.32. The van der Waals surface area contributed by atoms with Crippen LogP contribution >= 0.6 is 28.3 Å². The van der Waals surface area contributed by atoms with Crippen molar-refractivity contribution in [1.82, 2.24) is 10.6 Å². The highest BCUT2D eigenvalue weighted by molar-refractivity contribution is 9.10. The molecule has 0 aliphatic carbocycles. The minimum atomic E-state index is 0. The Morgan fingerprint density at radius 2 is 2.11 bits per heavy atom. The van der Waals surface area contributed by atoms with Gasteiger partial charge in [0, 0.05) is 13.1 Å². The largest absolute Gasteiger partial charge is 0.492 e. The second-order valence-corrected chi connectivity index (χ2v) is 4.84. The van der Waals surface area contributed by atoms with E-state index in [2.05, 4.69) is 26.6 Å². The Labute approximate surface area is 128 Å². The number of halogens is 2. The van der Waals surface area contributed by atoms with Gasteiger partial charge in [-0.2, -0.15) is 0 Å². The van der Waals surface area contributed by atoms with Crippen LogP contribution < -0.4 is 15.4 Å². The Morgan fingerprint density at radius 3 is 2.74 bits per heavy atom. The van der Waals surface area contributed by atoms with Crippen LogP contribution in [0.3, 0.4) is 0 Å². The van der Waals surface area contributed by atoms with Crippen LogP contribution in [0.1, 0.15) is 12.0 Å². The van der Waals surface area contributed by atoms with Gasteiger partial charge in [-0.1, -0.05) is 6.07 Å². The van der Waals surface area contributed by atoms with Crippen LogP contribution in [0.4, 0.5) is 0 Å². The zero-order valence-corrected chi connectivity index (χ0v) is 13.6. The molecule has 0 saturated heterocycles. The fraction of sp³-hybridized carbons (Fsp3) is 0.462. The lowest BCUT2D eigenvalue weighted by Gasteiger charge is -2.09. The van der Waals surface area contributed by atoms with E-state index in [1.165, 1.54) is 5.56 Å². The Hall–Kier alpha value is -0.780. The summed E-state index contributed by atoms with van der Waals surface area (Å²) < 4.78 is 6.46. The molecule has 1 aromatic carbocycles. The molecule has 0 aliphatic heterocycles. The monoisotopic (exact) mass is 350 g/mol. The second kappa shape index (κ2) is 10.1. The fourth-order valence-electron chi connectivity index (χ4n) is 1.39. The molecule has 0 fully saturated rings. The number of hydrogen-bond acceptors (Lipinski definition) is 3. The van der Waals surface area contributed by atoms with Crippen molar-refractivity contribution < 1.29 is 9.53 Å². The summed E-state index contributed by atoms with van der Waals surface area (Å²) in [6, 6.07) is 5.87. The van der Waals surface area contributed by atoms with Crippen LogP contribution in [0, 0.1) is 6.92 Å². The van der Waals surface area contributed by atoms with E-state index >= 15 is 0 Å². The molecule has 19 heavy (non-hydrogen) atoms. The molecule has 0 atom stereocenters. The first kappa shape index (κ1) is 18.2. The first-order valence-electron chi connectivity index (χ1n) is 5.93. The van der Waals surface area contributed by atoms with Gasteiger partial charge in [-0.05, 0) is 47.6 Å². The highest BCUT2D eigenvalue weighted by Crippen LogP contribution is 2.25. The molecular weight excluding hydrogens is 332 g/mol. The van der Waals surface area contributed by atoms with E-state index in [1.54, 1.807) is 0 Å². The molecule has 0 saturated carbocycles. The van der Waals surface area contributed by atoms with Crippen LogP contribution in [0.5, 0.6) is 5.75 Å². The smallest absolute Gasteiger partial charge is 0.223 e. The lowest BCUT2D eigenvalue weighted by Crippen LogP contribution is -2.31. The fourth-order valence-corrected chi connectivity index (χ4v) is 2.00. The Kier molecular flexibility index (Phi) is 9.65. The maximum absolute atomic E-state index is 11.4. The van der Waals surface area contributed by atoms with Crippen molar-refractivity contribution in [3.8, 4) is 5.75 Å². The molecule has 2 N–H and O–H groups in total. The molecular formula is C13H20BrClN2O2. The number of carbonyl (C=O) groups is 1. The number of hydrogen-bond donors (Lipinski definition) is 2. The highest BCUT2D eigenvalue weighted by atomic mass is 79.9. The van der Waals surface area contributed by atoms with Gasteiger partial charge in [-0.25, -0.2) is 0 Å². The third-order valence-electron chi connectivity index (χ3n) is 2.37. The van der Waals surface area contributed by atoms with E-state index < -0.39 is 0 Å². The Balaban J connectivity index is 0.00000324. The third-order valence-corrected chi connectivity index (χ3v) is 2.99. The predicted molar refractivity (Wildman–Crippen MR) is 83.2 cm³/mol. The zero-order chi connectivity index (χ0) is 13.4. The van der Waals surface area contributed by atoms with E-state index in [9.17, 15) is 4.79 Å². The van der Waals surface area contributed by atoms with E-state index in [-0.39, 0.29) is 18.3 Å². The summed E-state index contributed by atoms with van der Waals surface area (Å²) in [5.41, 5.74) is 1.17. The summed E-state index contributed by atoms with van der Waals surface area (Å²) >= 11 is 3.43. The van der Waals surface area contributed by atoms with Crippen molar-refractivity contribution in [2.75, 3.05) is 26.7 Å². The summed E-state index contributed by atoms with van der Waals surface area (Å²) in [6.07, 6.45) is 0.365. The molecule has 0 aliphatic rings. The van der Waals surface area contributed by atoms with E-state index in [0.29, 0.717) is 19.6 Å². The molecule has 0 aromatic heterocycles. The predicted octanol–water partition coefficient (Wildman–Crippen LogP) is 2.28. The molecule has 4 nitrogen and oxygen atoms in total. The number of benzene rings is 1. The molecule has 0 unspecified atom stereocenters. The summed E-state index contributed by atoms with van der Waals surface area (Å²) in [5, 5.41) is 5.77. The third kappa shape index (κ3) is 7.40. The van der Waals surface area contributed by atoms with Crippen LogP contribution in [-0.2, 0) is 4.79 Å². The molecule has 1 amide bonds. The maximum Gasteiger partial charge on any atom is 0.223 e. The van der Waals surface area contributed by atoms with Gasteiger partial charge in [0.2, 0.25) is 5.91 Å². The summed E-state index contributed by atoms with van der Waals surface area (Å²) in [6.45, 7) is 3.82. The van der Waals surface area contributed by atoms with Crippen molar-refractivity contribution in [3.63, 3.8) is 0 Å². The Bertz CT molecular complexity index is 402. The van der Waals surface area contributed by atoms with Crippen molar-refractivity contribution in [2.45, 2.75) is 13.3 Å². The SMILES string of the molecule is CNCCNC(=O)CCOc1ccc(C)cc1Br.Cl. The van der Waals surface area contributed by atoms with Crippen molar-refractivity contribution in [2.24, 2.45) is 0 Å². The topological polar surface area (TPSA) is 50.4 Å². The van der Waals surface area contributed by atoms with Crippen LogP contribution in [0.25, 0.3) is 0 Å². The van der Waals surface area contributed by atoms with Gasteiger partial charge in [0.1, 0.15) is 5.75 Å². The zero-order valence-electron chi connectivity index (χ0n) is 11.2. The number of aryl methyl sites for hydroxylation is 1. The van der Waals surface area contributed by atoms with E-state index in [1.807, 2.05) is 32.2 Å². The molecule has 6 heteroatoms. The summed E-state index contributed by atoms with van der Waals surface area (Å²) in [5.74, 6) is 0.775. The van der Waals surface area contributed by atoms with Crippen molar-refractivity contribution >= 4 is 34.2 Å². The number of ether oxygens (including phenoxy) is 1. The normalized spacial score (nSPS) is 9.63. The van der Waals surface area contributed by atoms with E-state index in [0.717, 1.165) is 16.8 Å². The van der Waals surface area contributed by atoms with Gasteiger partial charge < -0.3 is 15.4 Å².